The average molecular weight is 342 g/mol. The molecular weight excluding hydrogens is 328 g/mol. The van der Waals surface area contributed by atoms with Crippen molar-refractivity contribution in [1.82, 2.24) is 4.98 Å². The van der Waals surface area contributed by atoms with Crippen molar-refractivity contribution in [3.63, 3.8) is 0 Å². The lowest BCUT2D eigenvalue weighted by Crippen LogP contribution is -2.13. The number of benzene rings is 1. The molecule has 0 saturated carbocycles. The standard InChI is InChI=1S/C17H14N2O6/c20-16(24-10-14-3-1-2-6-18-14)5-4-12-7-15(19(21)22)8-13-9-23-11-25-17(12)13/h1-8H,9-11H2/b5-4-. The van der Waals surface area contributed by atoms with Crippen LogP contribution in [-0.2, 0) is 27.5 Å². The van der Waals surface area contributed by atoms with Crippen molar-refractivity contribution in [2.75, 3.05) is 6.79 Å². The molecule has 1 aromatic heterocycles. The summed E-state index contributed by atoms with van der Waals surface area (Å²) in [5.74, 6) is -0.122. The second kappa shape index (κ2) is 7.54. The van der Waals surface area contributed by atoms with Crippen molar-refractivity contribution in [3.05, 3.63) is 69.5 Å². The first-order valence-corrected chi connectivity index (χ1v) is 7.40. The number of nitro groups is 1. The number of esters is 1. The monoisotopic (exact) mass is 342 g/mol. The SMILES string of the molecule is O=C(/C=C\c1cc([N+](=O)[O-])cc2c1OCOC2)OCc1ccccn1. The lowest BCUT2D eigenvalue weighted by molar-refractivity contribution is -0.385. The van der Waals surface area contributed by atoms with Crippen molar-refractivity contribution in [2.45, 2.75) is 13.2 Å². The topological polar surface area (TPSA) is 101 Å². The van der Waals surface area contributed by atoms with Gasteiger partial charge in [-0.2, -0.15) is 0 Å². The predicted octanol–water partition coefficient (Wildman–Crippen LogP) is 2.61. The molecule has 0 bridgehead atoms. The highest BCUT2D eigenvalue weighted by Crippen LogP contribution is 2.33. The zero-order chi connectivity index (χ0) is 17.6. The highest BCUT2D eigenvalue weighted by molar-refractivity contribution is 5.88. The Morgan fingerprint density at radius 1 is 1.40 bits per heavy atom. The molecule has 3 rings (SSSR count). The van der Waals surface area contributed by atoms with Crippen LogP contribution in [0, 0.1) is 10.1 Å². The number of carbonyl (C=O) groups is 1. The van der Waals surface area contributed by atoms with Crippen LogP contribution >= 0.6 is 0 Å². The molecule has 0 unspecified atom stereocenters. The van der Waals surface area contributed by atoms with Gasteiger partial charge >= 0.3 is 5.97 Å². The van der Waals surface area contributed by atoms with Crippen LogP contribution in [0.25, 0.3) is 6.08 Å². The van der Waals surface area contributed by atoms with Crippen LogP contribution in [0.4, 0.5) is 5.69 Å². The maximum absolute atomic E-state index is 11.8. The fourth-order valence-corrected chi connectivity index (χ4v) is 2.30. The maximum Gasteiger partial charge on any atom is 0.331 e. The van der Waals surface area contributed by atoms with Crippen molar-refractivity contribution >= 4 is 17.7 Å². The van der Waals surface area contributed by atoms with Gasteiger partial charge in [-0.25, -0.2) is 4.79 Å². The summed E-state index contributed by atoms with van der Waals surface area (Å²) in [6, 6.07) is 8.03. The fraction of sp³-hybridized carbons (Fsp3) is 0.176. The summed E-state index contributed by atoms with van der Waals surface area (Å²) in [6.07, 6.45) is 4.23. The molecule has 0 saturated heterocycles. The molecular formula is C17H14N2O6. The van der Waals surface area contributed by atoms with E-state index < -0.39 is 10.9 Å². The number of pyridine rings is 1. The molecule has 0 spiro atoms. The molecule has 0 fully saturated rings. The third-order valence-electron chi connectivity index (χ3n) is 3.42. The molecule has 2 heterocycles. The van der Waals surface area contributed by atoms with Crippen LogP contribution in [0.3, 0.4) is 0 Å². The molecule has 1 aliphatic heterocycles. The van der Waals surface area contributed by atoms with Crippen LogP contribution < -0.4 is 4.74 Å². The van der Waals surface area contributed by atoms with Gasteiger partial charge < -0.3 is 14.2 Å². The quantitative estimate of drug-likeness (QED) is 0.356. The van der Waals surface area contributed by atoms with E-state index in [-0.39, 0.29) is 25.7 Å². The van der Waals surface area contributed by atoms with Gasteiger partial charge in [-0.1, -0.05) is 6.07 Å². The zero-order valence-electron chi connectivity index (χ0n) is 13.1. The first-order chi connectivity index (χ1) is 12.1. The number of nitro benzene ring substituents is 1. The number of nitrogens with zero attached hydrogens (tertiary/aromatic N) is 2. The van der Waals surface area contributed by atoms with E-state index in [0.717, 1.165) is 0 Å². The molecule has 1 aliphatic rings. The number of hydrogen-bond donors (Lipinski definition) is 0. The van der Waals surface area contributed by atoms with E-state index >= 15 is 0 Å². The number of aromatic nitrogens is 1. The molecule has 8 heteroatoms. The van der Waals surface area contributed by atoms with Gasteiger partial charge in [-0.15, -0.1) is 0 Å². The molecule has 0 aliphatic carbocycles. The molecule has 0 atom stereocenters. The van der Waals surface area contributed by atoms with E-state index in [1.165, 1.54) is 24.3 Å². The van der Waals surface area contributed by atoms with Gasteiger partial charge in [0, 0.05) is 35.5 Å². The Balaban J connectivity index is 1.74. The number of non-ortho nitro benzene ring substituents is 1. The Kier molecular flexibility index (Phi) is 5.00. The molecule has 128 valence electrons. The number of fused-ring (bicyclic) bond motifs is 1. The smallest absolute Gasteiger partial charge is 0.331 e. The summed E-state index contributed by atoms with van der Waals surface area (Å²) >= 11 is 0. The van der Waals surface area contributed by atoms with Gasteiger partial charge in [0.1, 0.15) is 12.4 Å². The zero-order valence-corrected chi connectivity index (χ0v) is 13.1. The van der Waals surface area contributed by atoms with E-state index in [2.05, 4.69) is 4.98 Å². The third kappa shape index (κ3) is 4.18. The van der Waals surface area contributed by atoms with Gasteiger partial charge in [0.25, 0.3) is 5.69 Å². The Labute approximate surface area is 142 Å². The van der Waals surface area contributed by atoms with Gasteiger partial charge in [0.15, 0.2) is 6.79 Å². The first-order valence-electron chi connectivity index (χ1n) is 7.40. The molecule has 25 heavy (non-hydrogen) atoms. The number of ether oxygens (including phenoxy) is 3. The Morgan fingerprint density at radius 3 is 3.04 bits per heavy atom. The minimum absolute atomic E-state index is 0.0431. The Morgan fingerprint density at radius 2 is 2.28 bits per heavy atom. The van der Waals surface area contributed by atoms with Crippen molar-refractivity contribution < 1.29 is 23.9 Å². The summed E-state index contributed by atoms with van der Waals surface area (Å²) < 4.78 is 15.6. The minimum Gasteiger partial charge on any atom is -0.467 e. The minimum atomic E-state index is -0.585. The molecule has 8 nitrogen and oxygen atoms in total. The molecule has 0 N–H and O–H groups in total. The average Bonchev–Trinajstić information content (AvgIpc) is 2.65. The summed E-state index contributed by atoms with van der Waals surface area (Å²) in [5.41, 5.74) is 1.50. The third-order valence-corrected chi connectivity index (χ3v) is 3.42. The highest BCUT2D eigenvalue weighted by Gasteiger charge is 2.19. The largest absolute Gasteiger partial charge is 0.467 e. The second-order valence-electron chi connectivity index (χ2n) is 5.15. The van der Waals surface area contributed by atoms with E-state index in [9.17, 15) is 14.9 Å². The van der Waals surface area contributed by atoms with Gasteiger partial charge in [-0.05, 0) is 18.2 Å². The van der Waals surface area contributed by atoms with E-state index in [1.807, 2.05) is 0 Å². The summed E-state index contributed by atoms with van der Waals surface area (Å²) in [5, 5.41) is 11.0. The lowest BCUT2D eigenvalue weighted by atomic mass is 10.1. The number of hydrogen-bond acceptors (Lipinski definition) is 7. The Hall–Kier alpha value is -3.26. The van der Waals surface area contributed by atoms with Gasteiger partial charge in [-0.3, -0.25) is 15.1 Å². The van der Waals surface area contributed by atoms with E-state index in [0.29, 0.717) is 22.6 Å². The first kappa shape index (κ1) is 16.6. The fourth-order valence-electron chi connectivity index (χ4n) is 2.30. The maximum atomic E-state index is 11.8. The predicted molar refractivity (Wildman–Crippen MR) is 86.4 cm³/mol. The van der Waals surface area contributed by atoms with E-state index in [1.54, 1.807) is 24.4 Å². The van der Waals surface area contributed by atoms with E-state index in [4.69, 9.17) is 14.2 Å². The second-order valence-corrected chi connectivity index (χ2v) is 5.15. The Bertz CT molecular complexity index is 819. The van der Waals surface area contributed by atoms with Crippen LogP contribution in [0.2, 0.25) is 0 Å². The molecule has 0 amide bonds. The van der Waals surface area contributed by atoms with Gasteiger partial charge in [0.2, 0.25) is 0 Å². The summed E-state index contributed by atoms with van der Waals surface area (Å²) in [6.45, 7) is 0.305. The number of carbonyl (C=O) groups excluding carboxylic acids is 1. The molecule has 1 aromatic carbocycles. The van der Waals surface area contributed by atoms with Crippen LogP contribution in [0.1, 0.15) is 16.8 Å². The van der Waals surface area contributed by atoms with Gasteiger partial charge in [0.05, 0.1) is 17.2 Å². The normalized spacial score (nSPS) is 13.1. The molecule has 2 aromatic rings. The van der Waals surface area contributed by atoms with Crippen molar-refractivity contribution in [2.24, 2.45) is 0 Å². The number of rotatable bonds is 5. The molecule has 0 radical (unpaired) electrons. The summed E-state index contributed by atoms with van der Waals surface area (Å²) in [7, 11) is 0. The van der Waals surface area contributed by atoms with Crippen LogP contribution in [-0.4, -0.2) is 22.7 Å². The summed E-state index contributed by atoms with van der Waals surface area (Å²) in [4.78, 5) is 26.4. The van der Waals surface area contributed by atoms with Crippen LogP contribution in [0.5, 0.6) is 5.75 Å². The van der Waals surface area contributed by atoms with Crippen molar-refractivity contribution in [1.29, 1.82) is 0 Å². The highest BCUT2D eigenvalue weighted by atomic mass is 16.7. The lowest BCUT2D eigenvalue weighted by Gasteiger charge is -2.19. The van der Waals surface area contributed by atoms with Crippen LogP contribution in [0.15, 0.2) is 42.6 Å². The van der Waals surface area contributed by atoms with Crippen molar-refractivity contribution in [3.8, 4) is 5.75 Å².